The number of aliphatic hydroxyl groups is 1. The molecular formula is C12H14O. The van der Waals surface area contributed by atoms with Gasteiger partial charge in [0.2, 0.25) is 0 Å². The largest absolute Gasteiger partial charge is 0.396 e. The Morgan fingerprint density at radius 1 is 1.31 bits per heavy atom. The van der Waals surface area contributed by atoms with E-state index in [0.717, 1.165) is 6.42 Å². The van der Waals surface area contributed by atoms with Gasteiger partial charge in [0.1, 0.15) is 0 Å². The topological polar surface area (TPSA) is 20.2 Å². The molecule has 2 atom stereocenters. The lowest BCUT2D eigenvalue weighted by atomic mass is 10.2. The van der Waals surface area contributed by atoms with Gasteiger partial charge in [0, 0.05) is 6.61 Å². The summed E-state index contributed by atoms with van der Waals surface area (Å²) in [4.78, 5) is 0. The van der Waals surface area contributed by atoms with Gasteiger partial charge in [-0.1, -0.05) is 42.5 Å². The van der Waals surface area contributed by atoms with Crippen LogP contribution in [0.2, 0.25) is 0 Å². The summed E-state index contributed by atoms with van der Waals surface area (Å²) in [5, 5.41) is 8.84. The fraction of sp³-hybridized carbons (Fsp3) is 0.333. The van der Waals surface area contributed by atoms with E-state index in [1.807, 2.05) is 18.2 Å². The summed E-state index contributed by atoms with van der Waals surface area (Å²) in [7, 11) is 0. The number of benzene rings is 1. The molecule has 0 aromatic heterocycles. The van der Waals surface area contributed by atoms with Gasteiger partial charge >= 0.3 is 0 Å². The highest BCUT2D eigenvalue weighted by Gasteiger charge is 2.33. The Labute approximate surface area is 78.7 Å². The molecule has 1 N–H and O–H groups in total. The first kappa shape index (κ1) is 8.52. The highest BCUT2D eigenvalue weighted by atomic mass is 16.3. The average molecular weight is 174 g/mol. The summed E-state index contributed by atoms with van der Waals surface area (Å²) < 4.78 is 0. The molecule has 0 amide bonds. The minimum absolute atomic E-state index is 0.337. The molecule has 0 radical (unpaired) electrons. The second-order valence-corrected chi connectivity index (χ2v) is 3.61. The zero-order chi connectivity index (χ0) is 9.10. The number of hydrogen-bond acceptors (Lipinski definition) is 1. The average Bonchev–Trinajstić information content (AvgIpc) is 2.95. The molecule has 1 saturated carbocycles. The van der Waals surface area contributed by atoms with Gasteiger partial charge in [0.05, 0.1) is 0 Å². The van der Waals surface area contributed by atoms with Crippen molar-refractivity contribution in [3.05, 3.63) is 42.0 Å². The summed E-state index contributed by atoms with van der Waals surface area (Å²) in [6.45, 7) is 0.337. The van der Waals surface area contributed by atoms with Crippen LogP contribution in [0, 0.1) is 11.8 Å². The van der Waals surface area contributed by atoms with E-state index in [0.29, 0.717) is 18.4 Å². The fourth-order valence-corrected chi connectivity index (χ4v) is 1.52. The van der Waals surface area contributed by atoms with Crippen molar-refractivity contribution in [1.29, 1.82) is 0 Å². The van der Waals surface area contributed by atoms with Gasteiger partial charge in [-0.25, -0.2) is 0 Å². The molecule has 1 aliphatic carbocycles. The maximum absolute atomic E-state index is 8.84. The predicted molar refractivity (Wildman–Crippen MR) is 54.2 cm³/mol. The first-order chi connectivity index (χ1) is 6.40. The number of allylic oxidation sites excluding steroid dienone is 1. The predicted octanol–water partition coefficient (Wildman–Crippen LogP) is 2.33. The molecule has 1 heteroatoms. The molecule has 0 unspecified atom stereocenters. The summed E-state index contributed by atoms with van der Waals surface area (Å²) >= 11 is 0. The third kappa shape index (κ3) is 2.19. The molecule has 0 spiro atoms. The van der Waals surface area contributed by atoms with Crippen LogP contribution < -0.4 is 0 Å². The molecule has 1 fully saturated rings. The minimum atomic E-state index is 0.337. The third-order valence-corrected chi connectivity index (χ3v) is 2.55. The van der Waals surface area contributed by atoms with Crippen LogP contribution in [0.25, 0.3) is 6.08 Å². The maximum atomic E-state index is 8.84. The summed E-state index contributed by atoms with van der Waals surface area (Å²) in [5.74, 6) is 1.14. The van der Waals surface area contributed by atoms with Gasteiger partial charge < -0.3 is 5.11 Å². The van der Waals surface area contributed by atoms with Crippen molar-refractivity contribution in [2.24, 2.45) is 11.8 Å². The zero-order valence-electron chi connectivity index (χ0n) is 7.56. The quantitative estimate of drug-likeness (QED) is 0.745. The first-order valence-corrected chi connectivity index (χ1v) is 4.74. The zero-order valence-corrected chi connectivity index (χ0v) is 7.56. The molecule has 0 bridgehead atoms. The van der Waals surface area contributed by atoms with Crippen LogP contribution in [-0.4, -0.2) is 11.7 Å². The molecule has 1 aliphatic rings. The van der Waals surface area contributed by atoms with Crippen molar-refractivity contribution in [2.45, 2.75) is 6.42 Å². The Balaban J connectivity index is 1.92. The van der Waals surface area contributed by atoms with E-state index in [2.05, 4.69) is 24.3 Å². The monoisotopic (exact) mass is 174 g/mol. The number of hydrogen-bond donors (Lipinski definition) is 1. The van der Waals surface area contributed by atoms with Gasteiger partial charge in [-0.15, -0.1) is 0 Å². The molecular weight excluding hydrogens is 160 g/mol. The van der Waals surface area contributed by atoms with Crippen LogP contribution in [-0.2, 0) is 0 Å². The molecule has 13 heavy (non-hydrogen) atoms. The second kappa shape index (κ2) is 3.75. The SMILES string of the molecule is OC[C@H]1C[C@@H]1/C=C/c1ccccc1. The number of aliphatic hydroxyl groups excluding tert-OH is 1. The Morgan fingerprint density at radius 2 is 2.08 bits per heavy atom. The standard InChI is InChI=1S/C12H14O/c13-9-12-8-11(12)7-6-10-4-2-1-3-5-10/h1-7,11-13H,8-9H2/b7-6+/t11-,12+/m0/s1. The van der Waals surface area contributed by atoms with E-state index in [1.54, 1.807) is 0 Å². The smallest absolute Gasteiger partial charge is 0.0465 e. The molecule has 1 nitrogen and oxygen atoms in total. The second-order valence-electron chi connectivity index (χ2n) is 3.61. The summed E-state index contributed by atoms with van der Waals surface area (Å²) in [5.41, 5.74) is 1.24. The van der Waals surface area contributed by atoms with Crippen molar-refractivity contribution >= 4 is 6.08 Å². The third-order valence-electron chi connectivity index (χ3n) is 2.55. The molecule has 0 heterocycles. The lowest BCUT2D eigenvalue weighted by Gasteiger charge is -1.90. The van der Waals surface area contributed by atoms with Crippen molar-refractivity contribution < 1.29 is 5.11 Å². The van der Waals surface area contributed by atoms with E-state index >= 15 is 0 Å². The van der Waals surface area contributed by atoms with E-state index in [4.69, 9.17) is 5.11 Å². The van der Waals surface area contributed by atoms with Crippen molar-refractivity contribution in [1.82, 2.24) is 0 Å². The van der Waals surface area contributed by atoms with Crippen LogP contribution in [0.15, 0.2) is 36.4 Å². The normalized spacial score (nSPS) is 26.5. The highest BCUT2D eigenvalue weighted by Crippen LogP contribution is 2.39. The van der Waals surface area contributed by atoms with Crippen LogP contribution >= 0.6 is 0 Å². The highest BCUT2D eigenvalue weighted by molar-refractivity contribution is 5.49. The molecule has 1 aromatic rings. The van der Waals surface area contributed by atoms with Crippen molar-refractivity contribution in [2.75, 3.05) is 6.61 Å². The van der Waals surface area contributed by atoms with Gasteiger partial charge in [0.15, 0.2) is 0 Å². The van der Waals surface area contributed by atoms with Crippen molar-refractivity contribution in [3.8, 4) is 0 Å². The Hall–Kier alpha value is -1.08. The summed E-state index contributed by atoms with van der Waals surface area (Å²) in [6.07, 6.45) is 5.50. The van der Waals surface area contributed by atoms with Gasteiger partial charge in [-0.05, 0) is 23.8 Å². The van der Waals surface area contributed by atoms with Gasteiger partial charge in [0.25, 0.3) is 0 Å². The Kier molecular flexibility index (Phi) is 2.46. The molecule has 0 aliphatic heterocycles. The Bertz CT molecular complexity index is 289. The van der Waals surface area contributed by atoms with E-state index in [1.165, 1.54) is 5.56 Å². The molecule has 1 aromatic carbocycles. The van der Waals surface area contributed by atoms with Crippen molar-refractivity contribution in [3.63, 3.8) is 0 Å². The summed E-state index contributed by atoms with van der Waals surface area (Å²) in [6, 6.07) is 10.3. The maximum Gasteiger partial charge on any atom is 0.0465 e. The number of rotatable bonds is 3. The minimum Gasteiger partial charge on any atom is -0.396 e. The van der Waals surface area contributed by atoms with E-state index in [-0.39, 0.29) is 0 Å². The lowest BCUT2D eigenvalue weighted by Crippen LogP contribution is -1.85. The van der Waals surface area contributed by atoms with Crippen LogP contribution in [0.1, 0.15) is 12.0 Å². The van der Waals surface area contributed by atoms with Crippen LogP contribution in [0.5, 0.6) is 0 Å². The van der Waals surface area contributed by atoms with Crippen LogP contribution in [0.4, 0.5) is 0 Å². The lowest BCUT2D eigenvalue weighted by molar-refractivity contribution is 0.272. The van der Waals surface area contributed by atoms with Crippen LogP contribution in [0.3, 0.4) is 0 Å². The van der Waals surface area contributed by atoms with Gasteiger partial charge in [-0.3, -0.25) is 0 Å². The van der Waals surface area contributed by atoms with E-state index < -0.39 is 0 Å². The fourth-order valence-electron chi connectivity index (χ4n) is 1.52. The molecule has 0 saturated heterocycles. The first-order valence-electron chi connectivity index (χ1n) is 4.74. The Morgan fingerprint density at radius 3 is 2.69 bits per heavy atom. The molecule has 2 rings (SSSR count). The van der Waals surface area contributed by atoms with Gasteiger partial charge in [-0.2, -0.15) is 0 Å². The molecule has 68 valence electrons. The van der Waals surface area contributed by atoms with E-state index in [9.17, 15) is 0 Å².